The number of hydrogen-bond donors (Lipinski definition) is 0. The molecule has 2 aromatic rings. The van der Waals surface area contributed by atoms with E-state index in [1.165, 1.54) is 11.8 Å². The van der Waals surface area contributed by atoms with Gasteiger partial charge in [0.25, 0.3) is 0 Å². The minimum atomic E-state index is -0.361. The maximum atomic E-state index is 10.8. The van der Waals surface area contributed by atoms with E-state index in [2.05, 4.69) is 0 Å². The van der Waals surface area contributed by atoms with Gasteiger partial charge in [-0.15, -0.1) is 11.8 Å². The Labute approximate surface area is 142 Å². The molecule has 2 aromatic carbocycles. The van der Waals surface area contributed by atoms with Crippen LogP contribution in [0, 0.1) is 0 Å². The van der Waals surface area contributed by atoms with Gasteiger partial charge in [-0.25, -0.2) is 0 Å². The molecule has 0 saturated heterocycles. The Morgan fingerprint density at radius 3 is 2.43 bits per heavy atom. The number of thioether (sulfide) groups is 1. The molecule has 0 spiro atoms. The minimum Gasteiger partial charge on any atom is -0.457 e. The number of carbonyl (C=O) groups is 1. The maximum absolute atomic E-state index is 10.8. The highest BCUT2D eigenvalue weighted by atomic mass is 35.5. The van der Waals surface area contributed by atoms with Gasteiger partial charge in [0.05, 0.1) is 5.75 Å². The molecule has 110 valence electrons. The first-order valence-corrected chi connectivity index (χ1v) is 8.31. The molecule has 0 aromatic heterocycles. The Kier molecular flexibility index (Phi) is 6.24. The summed E-state index contributed by atoms with van der Waals surface area (Å²) in [6, 6.07) is 12.6. The number of rotatable bonds is 6. The van der Waals surface area contributed by atoms with Gasteiger partial charge < -0.3 is 4.74 Å². The molecule has 2 rings (SSSR count). The summed E-state index contributed by atoms with van der Waals surface area (Å²) >= 11 is 18.7. The van der Waals surface area contributed by atoms with Crippen molar-refractivity contribution < 1.29 is 9.53 Å². The molecule has 0 fully saturated rings. The lowest BCUT2D eigenvalue weighted by atomic mass is 10.2. The van der Waals surface area contributed by atoms with Crippen LogP contribution in [0.3, 0.4) is 0 Å². The fourth-order valence-corrected chi connectivity index (χ4v) is 3.14. The van der Waals surface area contributed by atoms with Crippen LogP contribution in [-0.2, 0) is 10.5 Å². The molecule has 21 heavy (non-hydrogen) atoms. The molecule has 0 N–H and O–H groups in total. The number of hydrogen-bond acceptors (Lipinski definition) is 3. The Morgan fingerprint density at radius 2 is 1.76 bits per heavy atom. The van der Waals surface area contributed by atoms with E-state index in [0.29, 0.717) is 27.3 Å². The lowest BCUT2D eigenvalue weighted by Crippen LogP contribution is -1.94. The van der Waals surface area contributed by atoms with Crippen molar-refractivity contribution in [1.82, 2.24) is 0 Å². The summed E-state index contributed by atoms with van der Waals surface area (Å²) in [7, 11) is 0. The zero-order chi connectivity index (χ0) is 15.2. The van der Waals surface area contributed by atoms with Crippen molar-refractivity contribution >= 4 is 51.8 Å². The Balaban J connectivity index is 2.13. The van der Waals surface area contributed by atoms with Crippen molar-refractivity contribution in [3.05, 3.63) is 58.1 Å². The minimum absolute atomic E-state index is 0.263. The number of ether oxygens (including phenoxy) is 1. The number of halogens is 3. The van der Waals surface area contributed by atoms with E-state index in [0.717, 1.165) is 5.56 Å². The molecule has 0 atom stereocenters. The molecular weight excluding hydrogens is 351 g/mol. The quantitative estimate of drug-likeness (QED) is 0.610. The van der Waals surface area contributed by atoms with Crippen LogP contribution in [-0.4, -0.2) is 11.0 Å². The van der Waals surface area contributed by atoms with Crippen LogP contribution < -0.4 is 4.74 Å². The van der Waals surface area contributed by atoms with Gasteiger partial charge in [-0.3, -0.25) is 4.79 Å². The summed E-state index contributed by atoms with van der Waals surface area (Å²) in [6.07, 6.45) is 0. The van der Waals surface area contributed by atoms with E-state index in [-0.39, 0.29) is 11.0 Å². The highest BCUT2D eigenvalue weighted by molar-refractivity contribution is 7.99. The average Bonchev–Trinajstić information content (AvgIpc) is 2.39. The van der Waals surface area contributed by atoms with Gasteiger partial charge in [0, 0.05) is 21.4 Å². The lowest BCUT2D eigenvalue weighted by Gasteiger charge is -2.11. The van der Waals surface area contributed by atoms with Crippen LogP contribution in [0.5, 0.6) is 11.5 Å². The van der Waals surface area contributed by atoms with E-state index in [4.69, 9.17) is 39.5 Å². The van der Waals surface area contributed by atoms with Crippen molar-refractivity contribution in [2.45, 2.75) is 5.75 Å². The van der Waals surface area contributed by atoms with Crippen LogP contribution in [0.1, 0.15) is 5.56 Å². The molecule has 0 radical (unpaired) electrons. The van der Waals surface area contributed by atoms with Gasteiger partial charge in [0.15, 0.2) is 0 Å². The van der Waals surface area contributed by atoms with Crippen molar-refractivity contribution in [1.29, 1.82) is 0 Å². The first-order chi connectivity index (χ1) is 10.0. The van der Waals surface area contributed by atoms with Gasteiger partial charge in [-0.1, -0.05) is 41.4 Å². The molecule has 0 saturated carbocycles. The van der Waals surface area contributed by atoms with Crippen LogP contribution in [0.4, 0.5) is 0 Å². The van der Waals surface area contributed by atoms with Crippen LogP contribution in [0.2, 0.25) is 10.0 Å². The standard InChI is InChI=1S/C15H11Cl3O2S/c16-11-5-12(17)7-13(6-11)20-14-4-2-1-3-10(14)8-21-9-15(18)19/h1-7H,8-9H2. The molecule has 0 bridgehead atoms. The zero-order valence-electron chi connectivity index (χ0n) is 10.8. The second kappa shape index (κ2) is 7.95. The maximum Gasteiger partial charge on any atom is 0.231 e. The lowest BCUT2D eigenvalue weighted by molar-refractivity contribution is -0.109. The highest BCUT2D eigenvalue weighted by Crippen LogP contribution is 2.31. The first kappa shape index (κ1) is 16.5. The summed E-state index contributed by atoms with van der Waals surface area (Å²) in [5.41, 5.74) is 0.969. The summed E-state index contributed by atoms with van der Waals surface area (Å²) in [5.74, 6) is 2.16. The van der Waals surface area contributed by atoms with Gasteiger partial charge in [0.2, 0.25) is 5.24 Å². The van der Waals surface area contributed by atoms with Crippen molar-refractivity contribution in [3.63, 3.8) is 0 Å². The van der Waals surface area contributed by atoms with Crippen molar-refractivity contribution in [3.8, 4) is 11.5 Å². The molecule has 6 heteroatoms. The first-order valence-electron chi connectivity index (χ1n) is 6.02. The third kappa shape index (κ3) is 5.44. The number of carbonyl (C=O) groups excluding carboxylic acids is 1. The second-order valence-electron chi connectivity index (χ2n) is 4.16. The summed E-state index contributed by atoms with van der Waals surface area (Å²) in [5, 5.41) is 0.661. The van der Waals surface area contributed by atoms with Gasteiger partial charge >= 0.3 is 0 Å². The predicted octanol–water partition coefficient (Wildman–Crippen LogP) is 5.78. The predicted molar refractivity (Wildman–Crippen MR) is 90.0 cm³/mol. The topological polar surface area (TPSA) is 26.3 Å². The van der Waals surface area contributed by atoms with E-state index >= 15 is 0 Å². The SMILES string of the molecule is O=C(Cl)CSCc1ccccc1Oc1cc(Cl)cc(Cl)c1. The Hall–Kier alpha value is -0.870. The average molecular weight is 362 g/mol. The fourth-order valence-electron chi connectivity index (χ4n) is 1.68. The third-order valence-electron chi connectivity index (χ3n) is 2.51. The van der Waals surface area contributed by atoms with Gasteiger partial charge in [0.1, 0.15) is 11.5 Å². The van der Waals surface area contributed by atoms with Gasteiger partial charge in [-0.05, 0) is 35.9 Å². The van der Waals surface area contributed by atoms with Crippen molar-refractivity contribution in [2.24, 2.45) is 0 Å². The van der Waals surface area contributed by atoms with E-state index in [1.54, 1.807) is 18.2 Å². The summed E-state index contributed by atoms with van der Waals surface area (Å²) in [6.45, 7) is 0. The second-order valence-corrected chi connectivity index (χ2v) is 6.44. The Bertz CT molecular complexity index is 626. The van der Waals surface area contributed by atoms with Crippen molar-refractivity contribution in [2.75, 3.05) is 5.75 Å². The fraction of sp³-hybridized carbons (Fsp3) is 0.133. The monoisotopic (exact) mass is 360 g/mol. The number of benzene rings is 2. The summed E-state index contributed by atoms with van der Waals surface area (Å²) < 4.78 is 5.83. The molecule has 0 aliphatic carbocycles. The van der Waals surface area contributed by atoms with Crippen LogP contribution in [0.15, 0.2) is 42.5 Å². The Morgan fingerprint density at radius 1 is 1.10 bits per heavy atom. The van der Waals surface area contributed by atoms with Gasteiger partial charge in [-0.2, -0.15) is 0 Å². The smallest absolute Gasteiger partial charge is 0.231 e. The van der Waals surface area contributed by atoms with Crippen LogP contribution >= 0.6 is 46.6 Å². The molecule has 0 aliphatic rings. The third-order valence-corrected chi connectivity index (χ3v) is 4.22. The van der Waals surface area contributed by atoms with E-state index in [1.807, 2.05) is 24.3 Å². The normalized spacial score (nSPS) is 10.4. The molecule has 0 unspecified atom stereocenters. The largest absolute Gasteiger partial charge is 0.457 e. The van der Waals surface area contributed by atoms with E-state index in [9.17, 15) is 4.79 Å². The molecule has 2 nitrogen and oxygen atoms in total. The molecular formula is C15H11Cl3O2S. The summed E-state index contributed by atoms with van der Waals surface area (Å²) in [4.78, 5) is 10.8. The number of para-hydroxylation sites is 1. The zero-order valence-corrected chi connectivity index (χ0v) is 13.9. The van der Waals surface area contributed by atoms with E-state index < -0.39 is 0 Å². The molecule has 0 aliphatic heterocycles. The molecule has 0 heterocycles. The molecule has 0 amide bonds. The van der Waals surface area contributed by atoms with Crippen LogP contribution in [0.25, 0.3) is 0 Å². The highest BCUT2D eigenvalue weighted by Gasteiger charge is 2.07.